The summed E-state index contributed by atoms with van der Waals surface area (Å²) in [5.41, 5.74) is 0.0851. The number of rotatable bonds is 6. The van der Waals surface area contributed by atoms with Gasteiger partial charge in [-0.1, -0.05) is 12.1 Å². The molecule has 0 saturated carbocycles. The second-order valence-corrected chi connectivity index (χ2v) is 7.56. The van der Waals surface area contributed by atoms with Crippen LogP contribution in [0.2, 0.25) is 0 Å². The molecule has 0 unspecified atom stereocenters. The fourth-order valence-corrected chi connectivity index (χ4v) is 4.01. The average Bonchev–Trinajstić information content (AvgIpc) is 2.68. The molecule has 3 aromatic rings. The van der Waals surface area contributed by atoms with E-state index in [9.17, 15) is 27.7 Å². The first-order valence-electron chi connectivity index (χ1n) is 8.28. The van der Waals surface area contributed by atoms with Crippen molar-refractivity contribution in [2.45, 2.75) is 11.8 Å². The number of aryl methyl sites for hydroxylation is 1. The second kappa shape index (κ2) is 7.80. The van der Waals surface area contributed by atoms with Crippen LogP contribution < -0.4 is 4.18 Å². The van der Waals surface area contributed by atoms with Gasteiger partial charge in [0.1, 0.15) is 11.6 Å². The van der Waals surface area contributed by atoms with Crippen molar-refractivity contribution in [2.75, 3.05) is 0 Å². The summed E-state index contributed by atoms with van der Waals surface area (Å²) >= 11 is 0. The highest BCUT2D eigenvalue weighted by atomic mass is 32.2. The van der Waals surface area contributed by atoms with E-state index >= 15 is 0 Å². The highest BCUT2D eigenvalue weighted by Gasteiger charge is 2.29. The van der Waals surface area contributed by atoms with Crippen molar-refractivity contribution in [2.24, 2.45) is 0 Å². The Kier molecular flexibility index (Phi) is 5.42. The lowest BCUT2D eigenvalue weighted by molar-refractivity contribution is -0.388. The second-order valence-electron chi connectivity index (χ2n) is 6.08. The van der Waals surface area contributed by atoms with E-state index in [0.29, 0.717) is 0 Å². The number of halogens is 1. The Bertz CT molecular complexity index is 1190. The summed E-state index contributed by atoms with van der Waals surface area (Å²) in [5.74, 6) is -0.965. The van der Waals surface area contributed by atoms with Crippen molar-refractivity contribution < 1.29 is 26.7 Å². The maximum absolute atomic E-state index is 13.0. The number of hydrogen-bond acceptors (Lipinski definition) is 6. The Morgan fingerprint density at radius 3 is 2.07 bits per heavy atom. The normalized spacial score (nSPS) is 11.1. The molecule has 0 heterocycles. The third-order valence-electron chi connectivity index (χ3n) is 4.07. The van der Waals surface area contributed by atoms with Crippen LogP contribution in [-0.2, 0) is 10.1 Å². The number of hydrogen-bond donors (Lipinski definition) is 0. The fraction of sp³-hybridized carbons (Fsp3) is 0.0500. The molecule has 0 amide bonds. The summed E-state index contributed by atoms with van der Waals surface area (Å²) < 4.78 is 43.2. The third-order valence-corrected chi connectivity index (χ3v) is 5.51. The van der Waals surface area contributed by atoms with Gasteiger partial charge in [-0.05, 0) is 61.0 Å². The number of benzene rings is 3. The van der Waals surface area contributed by atoms with Crippen LogP contribution in [0.1, 0.15) is 21.5 Å². The Balaban J connectivity index is 1.87. The molecular formula is C20H14FNO6S. The largest absolute Gasteiger partial charge is 0.379 e. The van der Waals surface area contributed by atoms with Gasteiger partial charge in [0.05, 0.1) is 4.92 Å². The predicted molar refractivity (Wildman–Crippen MR) is 102 cm³/mol. The first kappa shape index (κ1) is 20.2. The molecule has 0 fully saturated rings. The topological polar surface area (TPSA) is 104 Å². The summed E-state index contributed by atoms with van der Waals surface area (Å²) in [6.45, 7) is 1.42. The van der Waals surface area contributed by atoms with Crippen LogP contribution in [0, 0.1) is 22.9 Å². The van der Waals surface area contributed by atoms with Gasteiger partial charge in [0.2, 0.25) is 0 Å². The number of nitrogens with zero attached hydrogens (tertiary/aromatic N) is 1. The van der Waals surface area contributed by atoms with E-state index in [2.05, 4.69) is 0 Å². The first-order chi connectivity index (χ1) is 13.7. The Morgan fingerprint density at radius 2 is 1.52 bits per heavy atom. The number of carbonyl (C=O) groups excluding carboxylic acids is 1. The van der Waals surface area contributed by atoms with Crippen LogP contribution >= 0.6 is 0 Å². The number of carbonyl (C=O) groups is 1. The van der Waals surface area contributed by atoms with Gasteiger partial charge in [0.25, 0.3) is 5.69 Å². The van der Waals surface area contributed by atoms with Crippen molar-refractivity contribution in [3.05, 3.63) is 99.4 Å². The standard InChI is InChI=1S/C20H14FNO6S/c1-13-3-2-4-18(22(24)25)20(13)29(26,27)28-17-11-7-15(8-12-17)19(23)14-5-9-16(21)10-6-14/h2-12H,1H3. The lowest BCUT2D eigenvalue weighted by Gasteiger charge is -2.10. The Labute approximate surface area is 165 Å². The van der Waals surface area contributed by atoms with Crippen LogP contribution in [0.4, 0.5) is 10.1 Å². The molecule has 0 N–H and O–H groups in total. The van der Waals surface area contributed by atoms with Crippen LogP contribution in [0.15, 0.2) is 71.6 Å². The number of nitro groups is 1. The third kappa shape index (κ3) is 4.30. The van der Waals surface area contributed by atoms with E-state index in [-0.39, 0.29) is 28.2 Å². The van der Waals surface area contributed by atoms with Crippen LogP contribution in [0.5, 0.6) is 5.75 Å². The number of ketones is 1. The minimum atomic E-state index is -4.48. The van der Waals surface area contributed by atoms with E-state index in [1.165, 1.54) is 55.5 Å². The molecule has 0 aromatic heterocycles. The van der Waals surface area contributed by atoms with E-state index in [1.54, 1.807) is 0 Å². The fourth-order valence-electron chi connectivity index (χ4n) is 2.70. The zero-order valence-electron chi connectivity index (χ0n) is 15.0. The highest BCUT2D eigenvalue weighted by Crippen LogP contribution is 2.29. The van der Waals surface area contributed by atoms with Crippen molar-refractivity contribution in [3.63, 3.8) is 0 Å². The molecule has 0 aliphatic carbocycles. The molecule has 3 aromatic carbocycles. The summed E-state index contributed by atoms with van der Waals surface area (Å²) in [4.78, 5) is 22.2. The van der Waals surface area contributed by atoms with E-state index < -0.39 is 31.4 Å². The quantitative estimate of drug-likeness (QED) is 0.260. The molecule has 148 valence electrons. The van der Waals surface area contributed by atoms with E-state index in [1.807, 2.05) is 0 Å². The van der Waals surface area contributed by atoms with Crippen molar-refractivity contribution in [1.29, 1.82) is 0 Å². The van der Waals surface area contributed by atoms with E-state index in [4.69, 9.17) is 4.18 Å². The summed E-state index contributed by atoms with van der Waals surface area (Å²) in [6.07, 6.45) is 0. The average molecular weight is 415 g/mol. The maximum atomic E-state index is 13.0. The highest BCUT2D eigenvalue weighted by molar-refractivity contribution is 7.87. The Hall–Kier alpha value is -3.59. The lowest BCUT2D eigenvalue weighted by atomic mass is 10.0. The van der Waals surface area contributed by atoms with Crippen LogP contribution in [-0.4, -0.2) is 19.1 Å². The lowest BCUT2D eigenvalue weighted by Crippen LogP contribution is -2.13. The molecule has 0 radical (unpaired) electrons. The predicted octanol–water partition coefficient (Wildman–Crippen LogP) is 4.04. The molecule has 29 heavy (non-hydrogen) atoms. The van der Waals surface area contributed by atoms with Gasteiger partial charge >= 0.3 is 10.1 Å². The van der Waals surface area contributed by atoms with Gasteiger partial charge in [-0.2, -0.15) is 8.42 Å². The number of nitro benzene ring substituents is 1. The molecule has 3 rings (SSSR count). The summed E-state index contributed by atoms with van der Waals surface area (Å²) in [7, 11) is -4.48. The SMILES string of the molecule is Cc1cccc([N+](=O)[O-])c1S(=O)(=O)Oc1ccc(C(=O)c2ccc(F)cc2)cc1. The zero-order chi connectivity index (χ0) is 21.2. The van der Waals surface area contributed by atoms with Crippen LogP contribution in [0.25, 0.3) is 0 Å². The molecule has 0 bridgehead atoms. The molecule has 0 atom stereocenters. The van der Waals surface area contributed by atoms with Crippen LogP contribution in [0.3, 0.4) is 0 Å². The monoisotopic (exact) mass is 415 g/mol. The molecule has 7 nitrogen and oxygen atoms in total. The molecule has 0 saturated heterocycles. The zero-order valence-corrected chi connectivity index (χ0v) is 15.9. The van der Waals surface area contributed by atoms with Gasteiger partial charge in [0, 0.05) is 17.2 Å². The van der Waals surface area contributed by atoms with Gasteiger partial charge in [-0.25, -0.2) is 4.39 Å². The van der Waals surface area contributed by atoms with E-state index in [0.717, 1.165) is 18.2 Å². The maximum Gasteiger partial charge on any atom is 0.346 e. The van der Waals surface area contributed by atoms with Gasteiger partial charge in [0.15, 0.2) is 10.7 Å². The smallest absolute Gasteiger partial charge is 0.346 e. The minimum absolute atomic E-state index is 0.113. The molecule has 0 aliphatic rings. The van der Waals surface area contributed by atoms with Gasteiger partial charge in [-0.3, -0.25) is 14.9 Å². The van der Waals surface area contributed by atoms with Gasteiger partial charge in [-0.15, -0.1) is 0 Å². The molecule has 9 heteroatoms. The van der Waals surface area contributed by atoms with Crippen molar-refractivity contribution in [1.82, 2.24) is 0 Å². The Morgan fingerprint density at radius 1 is 0.966 bits per heavy atom. The summed E-state index contributed by atoms with van der Waals surface area (Å²) in [6, 6.07) is 14.1. The van der Waals surface area contributed by atoms with Gasteiger partial charge < -0.3 is 4.18 Å². The van der Waals surface area contributed by atoms with Crippen molar-refractivity contribution in [3.8, 4) is 5.75 Å². The molecule has 0 spiro atoms. The van der Waals surface area contributed by atoms with Crippen molar-refractivity contribution >= 4 is 21.6 Å². The molecule has 0 aliphatic heterocycles. The first-order valence-corrected chi connectivity index (χ1v) is 9.69. The minimum Gasteiger partial charge on any atom is -0.379 e. The molecular weight excluding hydrogens is 401 g/mol. The summed E-state index contributed by atoms with van der Waals surface area (Å²) in [5, 5.41) is 11.2.